The minimum Gasteiger partial charge on any atom is -0.371 e. The lowest BCUT2D eigenvalue weighted by atomic mass is 10.1. The van der Waals surface area contributed by atoms with E-state index in [0.29, 0.717) is 30.3 Å². The van der Waals surface area contributed by atoms with E-state index in [1.54, 1.807) is 6.92 Å². The number of carbonyl (C=O) groups is 1. The van der Waals surface area contributed by atoms with Crippen molar-refractivity contribution in [1.82, 2.24) is 4.98 Å². The highest BCUT2D eigenvalue weighted by atomic mass is 32.2. The molecular formula is C17H16F8N4OS. The quantitative estimate of drug-likeness (QED) is 0.296. The van der Waals surface area contributed by atoms with Crippen LogP contribution in [0.1, 0.15) is 12.5 Å². The average Bonchev–Trinajstić information content (AvgIpc) is 2.65. The molecule has 5 nitrogen and oxygen atoms in total. The fraction of sp³-hybridized carbons (Fsp3) is 0.353. The maximum Gasteiger partial charge on any atom is 0.458 e. The van der Waals surface area contributed by atoms with Crippen molar-refractivity contribution in [3.63, 3.8) is 0 Å². The van der Waals surface area contributed by atoms with Crippen LogP contribution in [0.5, 0.6) is 0 Å². The van der Waals surface area contributed by atoms with E-state index in [1.165, 1.54) is 7.05 Å². The third kappa shape index (κ3) is 7.52. The summed E-state index contributed by atoms with van der Waals surface area (Å²) in [4.78, 5) is 18.5. The predicted molar refractivity (Wildman–Crippen MR) is 102 cm³/mol. The second-order valence-corrected chi connectivity index (χ2v) is 6.73. The number of nitrogens with one attached hydrogen (secondary N) is 2. The van der Waals surface area contributed by atoms with Gasteiger partial charge in [0.05, 0.1) is 17.5 Å². The Morgan fingerprint density at radius 2 is 1.84 bits per heavy atom. The monoisotopic (exact) mass is 476 g/mol. The second-order valence-electron chi connectivity index (χ2n) is 5.55. The highest BCUT2D eigenvalue weighted by Crippen LogP contribution is 2.41. The molecule has 1 amide bonds. The molecule has 0 spiro atoms. The minimum atomic E-state index is -5.90. The number of rotatable bonds is 8. The van der Waals surface area contributed by atoms with E-state index in [1.807, 2.05) is 5.32 Å². The van der Waals surface area contributed by atoms with Gasteiger partial charge < -0.3 is 10.6 Å². The number of anilines is 2. The summed E-state index contributed by atoms with van der Waals surface area (Å²) < 4.78 is 103. The van der Waals surface area contributed by atoms with Gasteiger partial charge in [0.1, 0.15) is 5.82 Å². The molecule has 0 aromatic carbocycles. The molecule has 0 aliphatic rings. The van der Waals surface area contributed by atoms with Gasteiger partial charge in [0.2, 0.25) is 0 Å². The Kier molecular flexibility index (Phi) is 9.02. The number of pyridine rings is 1. The zero-order valence-corrected chi connectivity index (χ0v) is 16.7. The van der Waals surface area contributed by atoms with E-state index in [9.17, 15) is 39.9 Å². The summed E-state index contributed by atoms with van der Waals surface area (Å²) in [6.07, 6.45) is -9.15. The molecule has 1 aromatic heterocycles. The second kappa shape index (κ2) is 10.6. The maximum absolute atomic E-state index is 13.6. The van der Waals surface area contributed by atoms with Crippen molar-refractivity contribution in [3.8, 4) is 0 Å². The van der Waals surface area contributed by atoms with E-state index < -0.39 is 41.0 Å². The molecule has 1 heterocycles. The van der Waals surface area contributed by atoms with Gasteiger partial charge in [-0.15, -0.1) is 11.8 Å². The highest BCUT2D eigenvalue weighted by Gasteiger charge is 2.59. The molecular weight excluding hydrogens is 460 g/mol. The smallest absolute Gasteiger partial charge is 0.371 e. The number of aromatic nitrogens is 1. The Labute approximate surface area is 175 Å². The van der Waals surface area contributed by atoms with Gasteiger partial charge in [-0.1, -0.05) is 6.92 Å². The van der Waals surface area contributed by atoms with Gasteiger partial charge in [-0.2, -0.15) is 35.1 Å². The van der Waals surface area contributed by atoms with E-state index in [4.69, 9.17) is 0 Å². The molecule has 0 bridgehead atoms. The van der Waals surface area contributed by atoms with Gasteiger partial charge >= 0.3 is 18.3 Å². The first-order valence-corrected chi connectivity index (χ1v) is 9.31. The van der Waals surface area contributed by atoms with Crippen molar-refractivity contribution in [3.05, 3.63) is 41.1 Å². The molecule has 0 saturated heterocycles. The molecule has 0 unspecified atom stereocenters. The number of amides is 1. The number of alkyl halides is 8. The SMILES string of the molecule is CCS/C=C/C(=C\N=C\C(=O)Nc1cc(C(F)(F)F)cnc1NC)C(F)(F)C(F)(F)F. The molecule has 0 atom stereocenters. The van der Waals surface area contributed by atoms with Crippen LogP contribution in [0.2, 0.25) is 0 Å². The van der Waals surface area contributed by atoms with Gasteiger partial charge in [-0.25, -0.2) is 4.98 Å². The number of carbonyl (C=O) groups excluding carboxylic acids is 1. The molecule has 0 aliphatic carbocycles. The number of aliphatic imine (C=N–C) groups is 1. The first kappa shape index (κ1) is 26.4. The molecule has 31 heavy (non-hydrogen) atoms. The zero-order valence-electron chi connectivity index (χ0n) is 15.9. The Bertz CT molecular complexity index is 863. The number of thioether (sulfide) groups is 1. The van der Waals surface area contributed by atoms with E-state index in [-0.39, 0.29) is 12.0 Å². The van der Waals surface area contributed by atoms with Crippen molar-refractivity contribution in [2.45, 2.75) is 25.2 Å². The third-order valence-electron chi connectivity index (χ3n) is 3.34. The van der Waals surface area contributed by atoms with Gasteiger partial charge in [0.15, 0.2) is 0 Å². The molecule has 0 fully saturated rings. The maximum atomic E-state index is 13.6. The lowest BCUT2D eigenvalue weighted by Crippen LogP contribution is -2.37. The Hall–Kier alpha value is -2.64. The summed E-state index contributed by atoms with van der Waals surface area (Å²) in [7, 11) is 1.31. The Balaban J connectivity index is 3.13. The van der Waals surface area contributed by atoms with E-state index >= 15 is 0 Å². The molecule has 0 radical (unpaired) electrons. The van der Waals surface area contributed by atoms with E-state index in [2.05, 4.69) is 15.3 Å². The summed E-state index contributed by atoms with van der Waals surface area (Å²) in [5, 5.41) is 5.44. The topological polar surface area (TPSA) is 66.4 Å². The molecule has 1 rings (SSSR count). The third-order valence-corrected chi connectivity index (χ3v) is 4.01. The van der Waals surface area contributed by atoms with Crippen LogP contribution >= 0.6 is 11.8 Å². The van der Waals surface area contributed by atoms with Crippen LogP contribution in [0.15, 0.2) is 40.5 Å². The number of halogens is 8. The lowest BCUT2D eigenvalue weighted by Gasteiger charge is -2.20. The summed E-state index contributed by atoms with van der Waals surface area (Å²) in [5.74, 6) is -6.16. The van der Waals surface area contributed by atoms with Gasteiger partial charge in [0.25, 0.3) is 5.91 Å². The first-order valence-electron chi connectivity index (χ1n) is 8.26. The first-order chi connectivity index (χ1) is 14.2. The van der Waals surface area contributed by atoms with Crippen LogP contribution in [0.4, 0.5) is 46.6 Å². The normalized spacial score (nSPS) is 13.8. The predicted octanol–water partition coefficient (Wildman–Crippen LogP) is 5.50. The van der Waals surface area contributed by atoms with Crippen LogP contribution in [0, 0.1) is 0 Å². The largest absolute Gasteiger partial charge is 0.458 e. The van der Waals surface area contributed by atoms with Crippen LogP contribution in [-0.2, 0) is 11.0 Å². The zero-order chi connectivity index (χ0) is 23.9. The average molecular weight is 476 g/mol. The molecule has 14 heteroatoms. The minimum absolute atomic E-state index is 0.142. The Morgan fingerprint density at radius 1 is 1.19 bits per heavy atom. The van der Waals surface area contributed by atoms with Crippen LogP contribution in [0.3, 0.4) is 0 Å². The number of hydrogen-bond acceptors (Lipinski definition) is 5. The van der Waals surface area contributed by atoms with Gasteiger partial charge in [-0.05, 0) is 23.3 Å². The highest BCUT2D eigenvalue weighted by molar-refractivity contribution is 8.02. The summed E-state index contributed by atoms with van der Waals surface area (Å²) in [6, 6.07) is 0.564. The molecule has 0 saturated carbocycles. The standard InChI is InChI=1S/C17H16F8N4OS/c1-3-31-5-4-10(15(18,19)17(23,24)25)7-27-9-13(30)29-12-6-11(16(20,21)22)8-28-14(12)26-2/h4-9H,3H2,1-2H3,(H,26,28)(H,29,30)/b5-4+,10-7+,27-9+. The molecule has 172 valence electrons. The van der Waals surface area contributed by atoms with Crippen LogP contribution in [0.25, 0.3) is 0 Å². The van der Waals surface area contributed by atoms with Crippen molar-refractivity contribution < 1.29 is 39.9 Å². The number of hydrogen-bond donors (Lipinski definition) is 2. The van der Waals surface area contributed by atoms with Crippen LogP contribution in [-0.4, -0.2) is 42.0 Å². The summed E-state index contributed by atoms with van der Waals surface area (Å²) in [5.41, 5.74) is -3.11. The summed E-state index contributed by atoms with van der Waals surface area (Å²) >= 11 is 0.953. The van der Waals surface area contributed by atoms with Crippen molar-refractivity contribution in [1.29, 1.82) is 0 Å². The van der Waals surface area contributed by atoms with Gasteiger partial charge in [0, 0.05) is 25.0 Å². The van der Waals surface area contributed by atoms with Gasteiger partial charge in [-0.3, -0.25) is 9.79 Å². The summed E-state index contributed by atoms with van der Waals surface area (Å²) in [6.45, 7) is 1.64. The lowest BCUT2D eigenvalue weighted by molar-refractivity contribution is -0.262. The van der Waals surface area contributed by atoms with Crippen molar-refractivity contribution in [2.75, 3.05) is 23.4 Å². The fourth-order valence-electron chi connectivity index (χ4n) is 1.87. The van der Waals surface area contributed by atoms with Crippen molar-refractivity contribution >= 4 is 35.4 Å². The number of nitrogens with zero attached hydrogens (tertiary/aromatic N) is 2. The van der Waals surface area contributed by atoms with Crippen LogP contribution < -0.4 is 10.6 Å². The molecule has 1 aromatic rings. The van der Waals surface area contributed by atoms with E-state index in [0.717, 1.165) is 17.2 Å². The Morgan fingerprint density at radius 3 is 2.35 bits per heavy atom. The number of allylic oxidation sites excluding steroid dienone is 2. The molecule has 2 N–H and O–H groups in total. The fourth-order valence-corrected chi connectivity index (χ4v) is 2.31. The van der Waals surface area contributed by atoms with Crippen molar-refractivity contribution in [2.24, 2.45) is 4.99 Å². The molecule has 0 aliphatic heterocycles.